The molecule has 0 aromatic carbocycles. The molecule has 0 N–H and O–H groups in total. The van der Waals surface area contributed by atoms with Gasteiger partial charge < -0.3 is 14.2 Å². The third-order valence-corrected chi connectivity index (χ3v) is 11.2. The van der Waals surface area contributed by atoms with Crippen molar-refractivity contribution < 1.29 is 28.6 Å². The molecule has 0 aliphatic heterocycles. The Hall–Kier alpha value is -2.89. The maximum absolute atomic E-state index is 12.8. The van der Waals surface area contributed by atoms with Crippen molar-refractivity contribution in [3.8, 4) is 0 Å². The van der Waals surface area contributed by atoms with E-state index in [0.717, 1.165) is 109 Å². The van der Waals surface area contributed by atoms with Crippen LogP contribution in [0.4, 0.5) is 0 Å². The summed E-state index contributed by atoms with van der Waals surface area (Å²) in [5, 5.41) is 0. The summed E-state index contributed by atoms with van der Waals surface area (Å²) in [5.41, 5.74) is 0. The van der Waals surface area contributed by atoms with Gasteiger partial charge in [-0.05, 0) is 96.3 Å². The average Bonchev–Trinajstić information content (AvgIpc) is 3.27. The molecule has 0 aliphatic carbocycles. The third-order valence-electron chi connectivity index (χ3n) is 11.2. The van der Waals surface area contributed by atoms with Gasteiger partial charge in [-0.1, -0.05) is 204 Å². The Morgan fingerprint density at radius 1 is 0.339 bits per heavy atom. The van der Waals surface area contributed by atoms with Crippen molar-refractivity contribution in [3.63, 3.8) is 0 Å². The number of hydrogen-bond donors (Lipinski definition) is 0. The normalized spacial score (nSPS) is 12.5. The topological polar surface area (TPSA) is 78.9 Å². The summed E-state index contributed by atoms with van der Waals surface area (Å²) in [5.74, 6) is -0.911. The van der Waals surface area contributed by atoms with Gasteiger partial charge in [-0.25, -0.2) is 0 Å². The molecule has 0 rings (SSSR count). The highest BCUT2D eigenvalue weighted by molar-refractivity contribution is 5.71. The number of unbranched alkanes of at least 4 members (excludes halogenated alkanes) is 26. The minimum Gasteiger partial charge on any atom is -0.462 e. The SMILES string of the molecule is CC/C=C\C/C=C\C/C=C\CCCCCCCC(=O)OC(COC(=O)CCCCCCC/C=C\CCC)COC(=O)CCCCCCCCCCC/C=C\CCCCCCCC. The molecule has 0 aromatic rings. The standard InChI is InChI=1S/C56H98O6/c1-4-7-10-13-16-19-22-24-26-27-28-29-31-32-34-37-40-43-46-49-55(58)61-52-53(51-60-54(57)48-45-42-39-36-21-18-15-12-9-6-3)62-56(59)50-47-44-41-38-35-33-30-25-23-20-17-14-11-8-5-2/h8,11-12,15,17,20,24-26,30,53H,4-7,9-10,13-14,16,18-19,21-23,27-29,31-52H2,1-3H3/b11-8-,15-12-,20-17-,26-24-,30-25-. The molecular weight excluding hydrogens is 769 g/mol. The molecule has 0 amide bonds. The minimum absolute atomic E-state index is 0.0846. The fourth-order valence-corrected chi connectivity index (χ4v) is 7.28. The van der Waals surface area contributed by atoms with E-state index in [1.54, 1.807) is 0 Å². The van der Waals surface area contributed by atoms with E-state index < -0.39 is 6.10 Å². The van der Waals surface area contributed by atoms with E-state index in [4.69, 9.17) is 14.2 Å². The molecule has 0 spiro atoms. The second-order valence-corrected chi connectivity index (χ2v) is 17.4. The Bertz CT molecular complexity index is 1130. The van der Waals surface area contributed by atoms with Crippen molar-refractivity contribution in [2.45, 2.75) is 264 Å². The molecular formula is C56H98O6. The Balaban J connectivity index is 4.33. The maximum Gasteiger partial charge on any atom is 0.306 e. The molecule has 1 unspecified atom stereocenters. The van der Waals surface area contributed by atoms with Crippen LogP contribution in [-0.4, -0.2) is 37.2 Å². The quantitative estimate of drug-likeness (QED) is 0.0262. The summed E-state index contributed by atoms with van der Waals surface area (Å²) in [4.78, 5) is 37.9. The van der Waals surface area contributed by atoms with Crippen LogP contribution >= 0.6 is 0 Å². The number of carbonyl (C=O) groups excluding carboxylic acids is 3. The number of ether oxygens (including phenoxy) is 3. The molecule has 0 aliphatic rings. The summed E-state index contributed by atoms with van der Waals surface area (Å²) in [6.45, 7) is 6.45. The van der Waals surface area contributed by atoms with Gasteiger partial charge in [-0.3, -0.25) is 14.4 Å². The lowest BCUT2D eigenvalue weighted by molar-refractivity contribution is -0.167. The van der Waals surface area contributed by atoms with Gasteiger partial charge >= 0.3 is 17.9 Å². The zero-order chi connectivity index (χ0) is 45.1. The number of allylic oxidation sites excluding steroid dienone is 10. The van der Waals surface area contributed by atoms with Gasteiger partial charge in [0.1, 0.15) is 13.2 Å². The Kier molecular flexibility index (Phi) is 48.4. The van der Waals surface area contributed by atoms with Gasteiger partial charge in [0.2, 0.25) is 0 Å². The van der Waals surface area contributed by atoms with Crippen molar-refractivity contribution in [1.82, 2.24) is 0 Å². The molecule has 6 heteroatoms. The van der Waals surface area contributed by atoms with Crippen LogP contribution in [0, 0.1) is 0 Å². The first-order valence-corrected chi connectivity index (χ1v) is 26.3. The fourth-order valence-electron chi connectivity index (χ4n) is 7.28. The number of carbonyl (C=O) groups is 3. The van der Waals surface area contributed by atoms with Crippen LogP contribution in [-0.2, 0) is 28.6 Å². The first-order valence-electron chi connectivity index (χ1n) is 26.3. The molecule has 1 atom stereocenters. The average molecular weight is 867 g/mol. The third kappa shape index (κ3) is 48.1. The molecule has 0 saturated carbocycles. The van der Waals surface area contributed by atoms with Gasteiger partial charge in [0, 0.05) is 19.3 Å². The molecule has 0 radical (unpaired) electrons. The van der Waals surface area contributed by atoms with E-state index in [-0.39, 0.29) is 31.1 Å². The van der Waals surface area contributed by atoms with Gasteiger partial charge in [-0.15, -0.1) is 0 Å². The van der Waals surface area contributed by atoms with Crippen molar-refractivity contribution in [3.05, 3.63) is 60.8 Å². The van der Waals surface area contributed by atoms with E-state index in [1.807, 2.05) is 0 Å². The first-order chi connectivity index (χ1) is 30.5. The van der Waals surface area contributed by atoms with E-state index in [2.05, 4.69) is 81.5 Å². The fraction of sp³-hybridized carbons (Fsp3) is 0.768. The van der Waals surface area contributed by atoms with Gasteiger partial charge in [0.25, 0.3) is 0 Å². The lowest BCUT2D eigenvalue weighted by Gasteiger charge is -2.18. The summed E-state index contributed by atoms with van der Waals surface area (Å²) in [6, 6.07) is 0. The van der Waals surface area contributed by atoms with Crippen molar-refractivity contribution >= 4 is 17.9 Å². The number of hydrogen-bond acceptors (Lipinski definition) is 6. The lowest BCUT2D eigenvalue weighted by Crippen LogP contribution is -2.30. The van der Waals surface area contributed by atoms with Gasteiger partial charge in [0.05, 0.1) is 0 Å². The number of esters is 3. The van der Waals surface area contributed by atoms with E-state index >= 15 is 0 Å². The summed E-state index contributed by atoms with van der Waals surface area (Å²) >= 11 is 0. The lowest BCUT2D eigenvalue weighted by atomic mass is 10.1. The minimum atomic E-state index is -0.785. The van der Waals surface area contributed by atoms with Crippen LogP contribution in [0.15, 0.2) is 60.8 Å². The van der Waals surface area contributed by atoms with Gasteiger partial charge in [-0.2, -0.15) is 0 Å². The Morgan fingerprint density at radius 3 is 1.06 bits per heavy atom. The second kappa shape index (κ2) is 50.8. The van der Waals surface area contributed by atoms with E-state index in [0.29, 0.717) is 19.3 Å². The molecule has 0 aromatic heterocycles. The maximum atomic E-state index is 12.8. The van der Waals surface area contributed by atoms with Gasteiger partial charge in [0.15, 0.2) is 6.10 Å². The molecule has 0 fully saturated rings. The summed E-state index contributed by atoms with van der Waals surface area (Å²) < 4.78 is 16.8. The summed E-state index contributed by atoms with van der Waals surface area (Å²) in [6.07, 6.45) is 62.1. The molecule has 358 valence electrons. The zero-order valence-corrected chi connectivity index (χ0v) is 40.9. The van der Waals surface area contributed by atoms with Crippen LogP contribution in [0.25, 0.3) is 0 Å². The van der Waals surface area contributed by atoms with Crippen LogP contribution < -0.4 is 0 Å². The highest BCUT2D eigenvalue weighted by atomic mass is 16.6. The van der Waals surface area contributed by atoms with Crippen molar-refractivity contribution in [1.29, 1.82) is 0 Å². The molecule has 6 nitrogen and oxygen atoms in total. The Morgan fingerprint density at radius 2 is 0.661 bits per heavy atom. The highest BCUT2D eigenvalue weighted by Crippen LogP contribution is 2.15. The van der Waals surface area contributed by atoms with Crippen molar-refractivity contribution in [2.75, 3.05) is 13.2 Å². The largest absolute Gasteiger partial charge is 0.462 e. The van der Waals surface area contributed by atoms with Crippen LogP contribution in [0.5, 0.6) is 0 Å². The molecule has 62 heavy (non-hydrogen) atoms. The first kappa shape index (κ1) is 59.1. The monoisotopic (exact) mass is 867 g/mol. The van der Waals surface area contributed by atoms with E-state index in [1.165, 1.54) is 109 Å². The summed E-state index contributed by atoms with van der Waals surface area (Å²) in [7, 11) is 0. The van der Waals surface area contributed by atoms with E-state index in [9.17, 15) is 14.4 Å². The molecule has 0 heterocycles. The van der Waals surface area contributed by atoms with Crippen LogP contribution in [0.3, 0.4) is 0 Å². The smallest absolute Gasteiger partial charge is 0.306 e. The van der Waals surface area contributed by atoms with Crippen molar-refractivity contribution in [2.24, 2.45) is 0 Å². The second-order valence-electron chi connectivity index (χ2n) is 17.4. The Labute approximate surface area is 383 Å². The number of rotatable bonds is 47. The van der Waals surface area contributed by atoms with Crippen LogP contribution in [0.2, 0.25) is 0 Å². The van der Waals surface area contributed by atoms with Crippen LogP contribution in [0.1, 0.15) is 258 Å². The zero-order valence-electron chi connectivity index (χ0n) is 40.9. The molecule has 0 saturated heterocycles. The predicted octanol–water partition coefficient (Wildman–Crippen LogP) is 17.3. The predicted molar refractivity (Wildman–Crippen MR) is 265 cm³/mol. The molecule has 0 bridgehead atoms. The highest BCUT2D eigenvalue weighted by Gasteiger charge is 2.19.